The van der Waals surface area contributed by atoms with Gasteiger partial charge < -0.3 is 9.84 Å². The van der Waals surface area contributed by atoms with Crippen molar-refractivity contribution in [3.8, 4) is 0 Å². The number of nitrogens with zero attached hydrogens (tertiary/aromatic N) is 1. The van der Waals surface area contributed by atoms with Gasteiger partial charge in [-0.1, -0.05) is 20.3 Å². The van der Waals surface area contributed by atoms with Crippen molar-refractivity contribution in [3.63, 3.8) is 0 Å². The third-order valence-corrected chi connectivity index (χ3v) is 3.15. The molecule has 1 saturated heterocycles. The van der Waals surface area contributed by atoms with Crippen LogP contribution in [0.15, 0.2) is 0 Å². The number of likely N-dealkylation sites (N-methyl/N-ethyl adjacent to an activating group) is 1. The Morgan fingerprint density at radius 2 is 2.29 bits per heavy atom. The van der Waals surface area contributed by atoms with E-state index < -0.39 is 0 Å². The van der Waals surface area contributed by atoms with Gasteiger partial charge in [-0.2, -0.15) is 0 Å². The third kappa shape index (κ3) is 3.23. The first-order valence-corrected chi connectivity index (χ1v) is 5.61. The summed E-state index contributed by atoms with van der Waals surface area (Å²) in [6.45, 7) is 6.86. The Kier molecular flexibility index (Phi) is 4.85. The Morgan fingerprint density at radius 3 is 2.86 bits per heavy atom. The molecule has 14 heavy (non-hydrogen) atoms. The maximum absolute atomic E-state index is 9.80. The van der Waals surface area contributed by atoms with Crippen molar-refractivity contribution in [2.45, 2.75) is 38.8 Å². The van der Waals surface area contributed by atoms with Crippen LogP contribution in [0.25, 0.3) is 0 Å². The predicted octanol–water partition coefficient (Wildman–Crippen LogP) is 1.11. The summed E-state index contributed by atoms with van der Waals surface area (Å²) in [6, 6.07) is 0.192. The highest BCUT2D eigenvalue weighted by molar-refractivity contribution is 4.80. The highest BCUT2D eigenvalue weighted by Gasteiger charge is 2.27. The molecule has 0 aromatic heterocycles. The van der Waals surface area contributed by atoms with Crippen molar-refractivity contribution in [1.29, 1.82) is 0 Å². The maximum Gasteiger partial charge on any atom is 0.0739 e. The van der Waals surface area contributed by atoms with E-state index >= 15 is 0 Å². The molecule has 0 saturated carbocycles. The largest absolute Gasteiger partial charge is 0.391 e. The van der Waals surface area contributed by atoms with Gasteiger partial charge in [0.15, 0.2) is 0 Å². The van der Waals surface area contributed by atoms with Gasteiger partial charge in [-0.25, -0.2) is 0 Å². The van der Waals surface area contributed by atoms with Crippen molar-refractivity contribution in [2.24, 2.45) is 5.92 Å². The van der Waals surface area contributed by atoms with Crippen LogP contribution in [-0.2, 0) is 4.74 Å². The molecular weight excluding hydrogens is 178 g/mol. The lowest BCUT2D eigenvalue weighted by Gasteiger charge is -2.36. The fraction of sp³-hybridized carbons (Fsp3) is 1.00. The van der Waals surface area contributed by atoms with Gasteiger partial charge >= 0.3 is 0 Å². The average molecular weight is 201 g/mol. The zero-order chi connectivity index (χ0) is 10.6. The maximum atomic E-state index is 9.80. The number of hydrogen-bond donors (Lipinski definition) is 1. The van der Waals surface area contributed by atoms with E-state index in [0.29, 0.717) is 19.1 Å². The zero-order valence-electron chi connectivity index (χ0n) is 9.57. The van der Waals surface area contributed by atoms with Gasteiger partial charge in [0.05, 0.1) is 18.8 Å². The summed E-state index contributed by atoms with van der Waals surface area (Å²) >= 11 is 0. The van der Waals surface area contributed by atoms with E-state index in [1.54, 1.807) is 0 Å². The van der Waals surface area contributed by atoms with Crippen molar-refractivity contribution in [2.75, 3.05) is 26.8 Å². The van der Waals surface area contributed by atoms with Crippen molar-refractivity contribution in [1.82, 2.24) is 4.90 Å². The molecule has 1 aliphatic heterocycles. The molecule has 0 bridgehead atoms. The molecule has 3 unspecified atom stereocenters. The van der Waals surface area contributed by atoms with Gasteiger partial charge in [0.2, 0.25) is 0 Å². The summed E-state index contributed by atoms with van der Waals surface area (Å²) in [5.74, 6) is 0.689. The Bertz CT molecular complexity index is 163. The summed E-state index contributed by atoms with van der Waals surface area (Å²) < 4.78 is 5.39. The number of ether oxygens (including phenoxy) is 1. The molecular formula is C11H23NO2. The van der Waals surface area contributed by atoms with Gasteiger partial charge in [-0.3, -0.25) is 4.90 Å². The second kappa shape index (κ2) is 5.69. The van der Waals surface area contributed by atoms with Crippen LogP contribution in [0.1, 0.15) is 26.7 Å². The first-order valence-electron chi connectivity index (χ1n) is 5.61. The summed E-state index contributed by atoms with van der Waals surface area (Å²) in [7, 11) is 2.08. The number of hydrogen-bond acceptors (Lipinski definition) is 3. The summed E-state index contributed by atoms with van der Waals surface area (Å²) in [6.07, 6.45) is 1.75. The highest BCUT2D eigenvalue weighted by atomic mass is 16.5. The molecule has 1 heterocycles. The van der Waals surface area contributed by atoms with Crippen LogP contribution in [0.3, 0.4) is 0 Å². The first-order chi connectivity index (χ1) is 6.65. The van der Waals surface area contributed by atoms with Gasteiger partial charge in [0.25, 0.3) is 0 Å². The minimum atomic E-state index is -0.210. The summed E-state index contributed by atoms with van der Waals surface area (Å²) in [5, 5.41) is 9.80. The predicted molar refractivity (Wildman–Crippen MR) is 57.3 cm³/mol. The Morgan fingerprint density at radius 1 is 1.57 bits per heavy atom. The zero-order valence-corrected chi connectivity index (χ0v) is 9.57. The molecule has 0 aromatic carbocycles. The second-order valence-electron chi connectivity index (χ2n) is 4.45. The van der Waals surface area contributed by atoms with E-state index in [0.717, 1.165) is 13.0 Å². The highest BCUT2D eigenvalue weighted by Crippen LogP contribution is 2.15. The molecule has 0 aliphatic carbocycles. The van der Waals surface area contributed by atoms with E-state index in [4.69, 9.17) is 4.74 Å². The molecule has 1 N–H and O–H groups in total. The van der Waals surface area contributed by atoms with Crippen LogP contribution < -0.4 is 0 Å². The summed E-state index contributed by atoms with van der Waals surface area (Å²) in [4.78, 5) is 2.23. The van der Waals surface area contributed by atoms with Crippen LogP contribution in [0.2, 0.25) is 0 Å². The van der Waals surface area contributed by atoms with Gasteiger partial charge in [-0.15, -0.1) is 0 Å². The van der Waals surface area contributed by atoms with E-state index in [9.17, 15) is 5.11 Å². The molecule has 0 spiro atoms. The molecule has 0 aromatic rings. The quantitative estimate of drug-likeness (QED) is 0.739. The monoisotopic (exact) mass is 201 g/mol. The fourth-order valence-electron chi connectivity index (χ4n) is 1.89. The Labute approximate surface area is 87.1 Å². The molecule has 3 nitrogen and oxygen atoms in total. The molecule has 3 heteroatoms. The second-order valence-corrected chi connectivity index (χ2v) is 4.45. The molecule has 1 rings (SSSR count). The average Bonchev–Trinajstić information content (AvgIpc) is 2.18. The van der Waals surface area contributed by atoms with Crippen LogP contribution in [0, 0.1) is 5.92 Å². The lowest BCUT2D eigenvalue weighted by molar-refractivity contribution is -0.0568. The van der Waals surface area contributed by atoms with Crippen molar-refractivity contribution >= 4 is 0 Å². The van der Waals surface area contributed by atoms with Crippen LogP contribution >= 0.6 is 0 Å². The Hall–Kier alpha value is -0.120. The molecule has 0 amide bonds. The van der Waals surface area contributed by atoms with E-state index in [1.807, 2.05) is 0 Å². The third-order valence-electron chi connectivity index (χ3n) is 3.15. The fourth-order valence-corrected chi connectivity index (χ4v) is 1.89. The number of rotatable bonds is 4. The van der Waals surface area contributed by atoms with Gasteiger partial charge in [0.1, 0.15) is 0 Å². The van der Waals surface area contributed by atoms with Crippen LogP contribution in [0.4, 0.5) is 0 Å². The topological polar surface area (TPSA) is 32.7 Å². The van der Waals surface area contributed by atoms with E-state index in [-0.39, 0.29) is 12.1 Å². The minimum absolute atomic E-state index is 0.192. The number of aliphatic hydroxyl groups is 1. The first kappa shape index (κ1) is 12.0. The lowest BCUT2D eigenvalue weighted by Crippen LogP contribution is -2.49. The van der Waals surface area contributed by atoms with Gasteiger partial charge in [0, 0.05) is 13.2 Å². The number of aliphatic hydroxyl groups excluding tert-OH is 1. The molecule has 0 radical (unpaired) electrons. The van der Waals surface area contributed by atoms with Crippen LogP contribution in [-0.4, -0.2) is 49.0 Å². The van der Waals surface area contributed by atoms with Crippen LogP contribution in [0.5, 0.6) is 0 Å². The Balaban J connectivity index is 2.37. The summed E-state index contributed by atoms with van der Waals surface area (Å²) in [5.41, 5.74) is 0. The molecule has 1 aliphatic rings. The minimum Gasteiger partial charge on any atom is -0.391 e. The lowest BCUT2D eigenvalue weighted by atomic mass is 10.0. The molecule has 84 valence electrons. The smallest absolute Gasteiger partial charge is 0.0739 e. The molecule has 1 fully saturated rings. The van der Waals surface area contributed by atoms with E-state index in [1.165, 1.54) is 6.42 Å². The normalized spacial score (nSPS) is 30.6. The van der Waals surface area contributed by atoms with Crippen molar-refractivity contribution in [3.05, 3.63) is 0 Å². The van der Waals surface area contributed by atoms with E-state index in [2.05, 4.69) is 25.8 Å². The SMILES string of the molecule is CCC(C)CN(C)C1COCCC1O. The van der Waals surface area contributed by atoms with Gasteiger partial charge in [-0.05, 0) is 19.4 Å². The molecule has 3 atom stereocenters. The van der Waals surface area contributed by atoms with Crippen molar-refractivity contribution < 1.29 is 9.84 Å². The standard InChI is InChI=1S/C11H23NO2/c1-4-9(2)7-12(3)10-8-14-6-5-11(10)13/h9-11,13H,4-8H2,1-3H3.